The van der Waals surface area contributed by atoms with Gasteiger partial charge in [0.15, 0.2) is 0 Å². The van der Waals surface area contributed by atoms with E-state index in [2.05, 4.69) is 10.3 Å². The van der Waals surface area contributed by atoms with Crippen LogP contribution >= 0.6 is 0 Å². The summed E-state index contributed by atoms with van der Waals surface area (Å²) in [5.41, 5.74) is 0.604. The SMILES string of the molecule is CC(C)C[C@@H](C(=O)Nc1ccncc1)N1C(=O)[C@H]2CC=CC[C@H]2C1=O. The highest BCUT2D eigenvalue weighted by Crippen LogP contribution is 2.37. The van der Waals surface area contributed by atoms with E-state index in [1.165, 1.54) is 4.90 Å². The molecule has 132 valence electrons. The number of hydrogen-bond acceptors (Lipinski definition) is 4. The molecule has 3 atom stereocenters. The number of carbonyl (C=O) groups is 3. The Morgan fingerprint density at radius 3 is 2.24 bits per heavy atom. The Bertz CT molecular complexity index is 673. The number of amides is 3. The molecule has 0 spiro atoms. The molecule has 25 heavy (non-hydrogen) atoms. The van der Waals surface area contributed by atoms with Crippen molar-refractivity contribution in [2.24, 2.45) is 17.8 Å². The zero-order valence-electron chi connectivity index (χ0n) is 14.5. The number of hydrogen-bond donors (Lipinski definition) is 1. The van der Waals surface area contributed by atoms with Crippen LogP contribution in [-0.2, 0) is 14.4 Å². The number of pyridine rings is 1. The quantitative estimate of drug-likeness (QED) is 0.659. The Morgan fingerprint density at radius 2 is 1.72 bits per heavy atom. The molecule has 1 aromatic heterocycles. The second-order valence-corrected chi connectivity index (χ2v) is 7.07. The molecule has 0 unspecified atom stereocenters. The fraction of sp³-hybridized carbons (Fsp3) is 0.474. The van der Waals surface area contributed by atoms with Crippen LogP contribution in [0.15, 0.2) is 36.7 Å². The van der Waals surface area contributed by atoms with Gasteiger partial charge in [0.25, 0.3) is 0 Å². The number of anilines is 1. The third kappa shape index (κ3) is 3.48. The fourth-order valence-electron chi connectivity index (χ4n) is 3.57. The van der Waals surface area contributed by atoms with Gasteiger partial charge in [-0.1, -0.05) is 26.0 Å². The first-order valence-corrected chi connectivity index (χ1v) is 8.72. The lowest BCUT2D eigenvalue weighted by Gasteiger charge is -2.27. The minimum Gasteiger partial charge on any atom is -0.324 e. The third-order valence-corrected chi connectivity index (χ3v) is 4.80. The van der Waals surface area contributed by atoms with Crippen molar-refractivity contribution in [3.63, 3.8) is 0 Å². The summed E-state index contributed by atoms with van der Waals surface area (Å²) in [6.45, 7) is 3.96. The zero-order valence-corrected chi connectivity index (χ0v) is 14.5. The largest absolute Gasteiger partial charge is 0.324 e. The van der Waals surface area contributed by atoms with Gasteiger partial charge >= 0.3 is 0 Å². The lowest BCUT2D eigenvalue weighted by Crippen LogP contribution is -2.48. The first kappa shape index (κ1) is 17.3. The zero-order chi connectivity index (χ0) is 18.0. The highest BCUT2D eigenvalue weighted by Gasteiger charge is 2.51. The van der Waals surface area contributed by atoms with Crippen molar-refractivity contribution in [3.05, 3.63) is 36.7 Å². The molecule has 2 heterocycles. The number of carbonyl (C=O) groups excluding carboxylic acids is 3. The number of nitrogens with one attached hydrogen (secondary N) is 1. The predicted octanol–water partition coefficient (Wildman–Crippen LogP) is 2.39. The molecule has 0 radical (unpaired) electrons. The van der Waals surface area contributed by atoms with E-state index < -0.39 is 6.04 Å². The van der Waals surface area contributed by atoms with Gasteiger partial charge in [0.05, 0.1) is 11.8 Å². The first-order valence-electron chi connectivity index (χ1n) is 8.72. The molecule has 0 aromatic carbocycles. The maximum atomic E-state index is 12.8. The highest BCUT2D eigenvalue weighted by atomic mass is 16.2. The van der Waals surface area contributed by atoms with Gasteiger partial charge in [-0.15, -0.1) is 0 Å². The summed E-state index contributed by atoms with van der Waals surface area (Å²) in [6, 6.07) is 2.59. The monoisotopic (exact) mass is 341 g/mol. The van der Waals surface area contributed by atoms with Crippen LogP contribution in [0.3, 0.4) is 0 Å². The topological polar surface area (TPSA) is 79.4 Å². The van der Waals surface area contributed by atoms with E-state index in [0.717, 1.165) is 0 Å². The predicted molar refractivity (Wildman–Crippen MR) is 93.3 cm³/mol. The van der Waals surface area contributed by atoms with E-state index in [9.17, 15) is 14.4 Å². The Kier molecular flexibility index (Phi) is 4.97. The summed E-state index contributed by atoms with van der Waals surface area (Å²) < 4.78 is 0. The summed E-state index contributed by atoms with van der Waals surface area (Å²) in [4.78, 5) is 43.6. The van der Waals surface area contributed by atoms with Gasteiger partial charge in [-0.3, -0.25) is 24.3 Å². The molecule has 1 aliphatic carbocycles. The number of nitrogens with zero attached hydrogens (tertiary/aromatic N) is 2. The molecule has 0 saturated carbocycles. The number of allylic oxidation sites excluding steroid dienone is 2. The fourth-order valence-corrected chi connectivity index (χ4v) is 3.57. The summed E-state index contributed by atoms with van der Waals surface area (Å²) >= 11 is 0. The second kappa shape index (κ2) is 7.17. The van der Waals surface area contributed by atoms with Gasteiger partial charge in [0, 0.05) is 18.1 Å². The van der Waals surface area contributed by atoms with Crippen LogP contribution in [0, 0.1) is 17.8 Å². The molecule has 1 aliphatic heterocycles. The molecular weight excluding hydrogens is 318 g/mol. The lowest BCUT2D eigenvalue weighted by molar-refractivity contribution is -0.147. The number of imide groups is 1. The van der Waals surface area contributed by atoms with E-state index in [0.29, 0.717) is 24.9 Å². The maximum Gasteiger partial charge on any atom is 0.247 e. The van der Waals surface area contributed by atoms with Crippen molar-refractivity contribution in [1.29, 1.82) is 0 Å². The first-order chi connectivity index (χ1) is 12.0. The van der Waals surface area contributed by atoms with Crippen LogP contribution in [0.25, 0.3) is 0 Å². The van der Waals surface area contributed by atoms with Crippen molar-refractivity contribution in [3.8, 4) is 0 Å². The van der Waals surface area contributed by atoms with E-state index >= 15 is 0 Å². The van der Waals surface area contributed by atoms with E-state index in [-0.39, 0.29) is 35.5 Å². The van der Waals surface area contributed by atoms with Gasteiger partial charge in [-0.25, -0.2) is 0 Å². The van der Waals surface area contributed by atoms with Crippen LogP contribution in [0.5, 0.6) is 0 Å². The number of likely N-dealkylation sites (tertiary alicyclic amines) is 1. The van der Waals surface area contributed by atoms with Crippen LogP contribution < -0.4 is 5.32 Å². The van der Waals surface area contributed by atoms with Gasteiger partial charge in [-0.2, -0.15) is 0 Å². The third-order valence-electron chi connectivity index (χ3n) is 4.80. The van der Waals surface area contributed by atoms with E-state index in [1.54, 1.807) is 24.5 Å². The van der Waals surface area contributed by atoms with Crippen LogP contribution in [0.2, 0.25) is 0 Å². The van der Waals surface area contributed by atoms with Crippen LogP contribution in [0.4, 0.5) is 5.69 Å². The van der Waals surface area contributed by atoms with Crippen LogP contribution in [0.1, 0.15) is 33.1 Å². The van der Waals surface area contributed by atoms with Crippen molar-refractivity contribution >= 4 is 23.4 Å². The van der Waals surface area contributed by atoms with Gasteiger partial charge in [0.1, 0.15) is 6.04 Å². The molecule has 3 rings (SSSR count). The average molecular weight is 341 g/mol. The standard InChI is InChI=1S/C19H23N3O3/c1-12(2)11-16(17(23)21-13-7-9-20-10-8-13)22-18(24)14-5-3-4-6-15(14)19(22)25/h3-4,7-10,12,14-16H,5-6,11H2,1-2H3,(H,20,21,23)/t14-,15+,16-/m0/s1. The molecule has 1 N–H and O–H groups in total. The van der Waals surface area contributed by atoms with Crippen molar-refractivity contribution < 1.29 is 14.4 Å². The molecule has 3 amide bonds. The number of fused-ring (bicyclic) bond motifs is 1. The minimum absolute atomic E-state index is 0.176. The van der Waals surface area contributed by atoms with E-state index in [4.69, 9.17) is 0 Å². The van der Waals surface area contributed by atoms with Gasteiger partial charge in [0.2, 0.25) is 17.7 Å². The molecule has 6 nitrogen and oxygen atoms in total. The van der Waals surface area contributed by atoms with Crippen LogP contribution in [-0.4, -0.2) is 33.6 Å². The summed E-state index contributed by atoms with van der Waals surface area (Å²) in [5, 5.41) is 2.81. The highest BCUT2D eigenvalue weighted by molar-refractivity contribution is 6.10. The average Bonchev–Trinajstić information content (AvgIpc) is 2.85. The lowest BCUT2D eigenvalue weighted by atomic mass is 9.85. The molecule has 1 saturated heterocycles. The Hall–Kier alpha value is -2.50. The normalized spacial score (nSPS) is 23.7. The second-order valence-electron chi connectivity index (χ2n) is 7.07. The molecule has 6 heteroatoms. The Balaban J connectivity index is 1.84. The maximum absolute atomic E-state index is 12.8. The summed E-state index contributed by atoms with van der Waals surface area (Å²) in [7, 11) is 0. The Morgan fingerprint density at radius 1 is 1.16 bits per heavy atom. The van der Waals surface area contributed by atoms with E-state index in [1.807, 2.05) is 26.0 Å². The molecule has 1 fully saturated rings. The Labute approximate surface area is 147 Å². The van der Waals surface area contributed by atoms with Crippen molar-refractivity contribution in [2.45, 2.75) is 39.2 Å². The smallest absolute Gasteiger partial charge is 0.247 e. The summed E-state index contributed by atoms with van der Waals surface area (Å²) in [6.07, 6.45) is 8.66. The molecular formula is C19H23N3O3. The number of rotatable bonds is 5. The minimum atomic E-state index is -0.779. The van der Waals surface area contributed by atoms with Crippen molar-refractivity contribution in [2.75, 3.05) is 5.32 Å². The van der Waals surface area contributed by atoms with Gasteiger partial charge < -0.3 is 5.32 Å². The number of aromatic nitrogens is 1. The molecule has 2 aliphatic rings. The summed E-state index contributed by atoms with van der Waals surface area (Å²) in [5.74, 6) is -1.21. The molecule has 1 aromatic rings. The van der Waals surface area contributed by atoms with Gasteiger partial charge in [-0.05, 0) is 37.3 Å². The van der Waals surface area contributed by atoms with Crippen molar-refractivity contribution in [1.82, 2.24) is 9.88 Å². The molecule has 0 bridgehead atoms.